The van der Waals surface area contributed by atoms with E-state index in [-0.39, 0.29) is 12.5 Å². The zero-order valence-electron chi connectivity index (χ0n) is 9.00. The first-order chi connectivity index (χ1) is 7.67. The molecule has 0 aliphatic heterocycles. The number of halogens is 1. The van der Waals surface area contributed by atoms with Gasteiger partial charge in [-0.05, 0) is 24.6 Å². The fourth-order valence-electron chi connectivity index (χ4n) is 1.21. The Balaban J connectivity index is 2.61. The Labute approximate surface area is 99.2 Å². The second-order valence-corrected chi connectivity index (χ2v) is 3.63. The second-order valence-electron chi connectivity index (χ2n) is 3.22. The maximum atomic E-state index is 11.3. The van der Waals surface area contributed by atoms with Gasteiger partial charge in [0.05, 0.1) is 12.1 Å². The molecule has 0 fully saturated rings. The van der Waals surface area contributed by atoms with Gasteiger partial charge < -0.3 is 15.2 Å². The summed E-state index contributed by atoms with van der Waals surface area (Å²) >= 11 is 5.90. The van der Waals surface area contributed by atoms with Crippen LogP contribution in [0.1, 0.15) is 12.8 Å². The molecule has 4 nitrogen and oxygen atoms in total. The minimum absolute atomic E-state index is 0.0107. The molecule has 0 saturated heterocycles. The molecule has 1 amide bonds. The van der Waals surface area contributed by atoms with Crippen LogP contribution < -0.4 is 10.1 Å². The van der Waals surface area contributed by atoms with Crippen LogP contribution in [0.2, 0.25) is 5.02 Å². The number of rotatable bonds is 5. The summed E-state index contributed by atoms with van der Waals surface area (Å²) in [7, 11) is 1.53. The van der Waals surface area contributed by atoms with E-state index in [9.17, 15) is 4.79 Å². The van der Waals surface area contributed by atoms with Gasteiger partial charge in [-0.1, -0.05) is 11.6 Å². The number of carbonyl (C=O) groups is 1. The average molecular weight is 244 g/mol. The van der Waals surface area contributed by atoms with Gasteiger partial charge in [0, 0.05) is 18.7 Å². The Bertz CT molecular complexity index is 368. The highest BCUT2D eigenvalue weighted by atomic mass is 35.5. The number of carbonyl (C=O) groups excluding carboxylic acids is 1. The van der Waals surface area contributed by atoms with Crippen molar-refractivity contribution in [1.29, 1.82) is 0 Å². The number of aliphatic hydroxyl groups is 1. The van der Waals surface area contributed by atoms with E-state index in [0.29, 0.717) is 29.3 Å². The van der Waals surface area contributed by atoms with Gasteiger partial charge in [-0.3, -0.25) is 4.79 Å². The third kappa shape index (κ3) is 3.72. The van der Waals surface area contributed by atoms with Gasteiger partial charge in [0.2, 0.25) is 5.91 Å². The predicted octanol–water partition coefficient (Wildman–Crippen LogP) is 2.06. The van der Waals surface area contributed by atoms with E-state index in [1.807, 2.05) is 0 Å². The monoisotopic (exact) mass is 243 g/mol. The first-order valence-electron chi connectivity index (χ1n) is 4.91. The number of hydrogen-bond donors (Lipinski definition) is 2. The average Bonchev–Trinajstić information content (AvgIpc) is 2.26. The van der Waals surface area contributed by atoms with Crippen LogP contribution in [0, 0.1) is 0 Å². The van der Waals surface area contributed by atoms with E-state index in [2.05, 4.69) is 5.32 Å². The van der Waals surface area contributed by atoms with Gasteiger partial charge in [-0.25, -0.2) is 0 Å². The molecule has 0 aliphatic carbocycles. The van der Waals surface area contributed by atoms with Gasteiger partial charge in [-0.15, -0.1) is 0 Å². The molecule has 0 aliphatic rings. The number of anilines is 1. The summed E-state index contributed by atoms with van der Waals surface area (Å²) in [6, 6.07) is 5.02. The van der Waals surface area contributed by atoms with Crippen LogP contribution in [-0.4, -0.2) is 24.7 Å². The quantitative estimate of drug-likeness (QED) is 0.832. The molecule has 1 rings (SSSR count). The van der Waals surface area contributed by atoms with E-state index < -0.39 is 0 Å². The van der Waals surface area contributed by atoms with Crippen LogP contribution in [0.5, 0.6) is 5.75 Å². The van der Waals surface area contributed by atoms with Crippen LogP contribution in [0.15, 0.2) is 18.2 Å². The lowest BCUT2D eigenvalue weighted by atomic mass is 10.2. The van der Waals surface area contributed by atoms with Crippen molar-refractivity contribution < 1.29 is 14.6 Å². The van der Waals surface area contributed by atoms with Crippen molar-refractivity contribution in [2.75, 3.05) is 19.0 Å². The maximum absolute atomic E-state index is 11.3. The maximum Gasteiger partial charge on any atom is 0.224 e. The van der Waals surface area contributed by atoms with E-state index in [1.165, 1.54) is 7.11 Å². The number of ether oxygens (including phenoxy) is 1. The van der Waals surface area contributed by atoms with E-state index in [1.54, 1.807) is 18.2 Å². The van der Waals surface area contributed by atoms with Gasteiger partial charge in [0.1, 0.15) is 5.75 Å². The molecule has 16 heavy (non-hydrogen) atoms. The van der Waals surface area contributed by atoms with Crippen molar-refractivity contribution in [2.24, 2.45) is 0 Å². The van der Waals surface area contributed by atoms with Crippen LogP contribution in [0.25, 0.3) is 0 Å². The highest BCUT2D eigenvalue weighted by Gasteiger charge is 2.05. The number of methoxy groups -OCH3 is 1. The fraction of sp³-hybridized carbons (Fsp3) is 0.364. The smallest absolute Gasteiger partial charge is 0.224 e. The fourth-order valence-corrected chi connectivity index (χ4v) is 1.46. The van der Waals surface area contributed by atoms with Crippen molar-refractivity contribution in [2.45, 2.75) is 12.8 Å². The van der Waals surface area contributed by atoms with Gasteiger partial charge in [-0.2, -0.15) is 0 Å². The SMILES string of the molecule is COc1ccc(NC(=O)CCCO)cc1Cl. The molecular weight excluding hydrogens is 230 g/mol. The predicted molar refractivity (Wildman–Crippen MR) is 63.0 cm³/mol. The van der Waals surface area contributed by atoms with Crippen LogP contribution in [-0.2, 0) is 4.79 Å². The van der Waals surface area contributed by atoms with E-state index in [4.69, 9.17) is 21.4 Å². The first kappa shape index (κ1) is 12.8. The highest BCUT2D eigenvalue weighted by Crippen LogP contribution is 2.27. The first-order valence-corrected chi connectivity index (χ1v) is 5.29. The molecule has 0 heterocycles. The number of benzene rings is 1. The molecule has 0 bridgehead atoms. The summed E-state index contributed by atoms with van der Waals surface area (Å²) < 4.78 is 4.99. The Morgan fingerprint density at radius 3 is 2.88 bits per heavy atom. The van der Waals surface area contributed by atoms with Gasteiger partial charge in [0.25, 0.3) is 0 Å². The van der Waals surface area contributed by atoms with Crippen LogP contribution in [0.3, 0.4) is 0 Å². The normalized spacial score (nSPS) is 9.94. The Kier molecular flexibility index (Phi) is 5.08. The number of hydrogen-bond acceptors (Lipinski definition) is 3. The third-order valence-corrected chi connectivity index (χ3v) is 2.29. The summed E-state index contributed by atoms with van der Waals surface area (Å²) in [5.74, 6) is 0.422. The summed E-state index contributed by atoms with van der Waals surface area (Å²) in [6.07, 6.45) is 0.746. The third-order valence-electron chi connectivity index (χ3n) is 2.00. The molecule has 0 saturated carbocycles. The molecular formula is C11H14ClNO3. The van der Waals surface area contributed by atoms with Crippen LogP contribution in [0.4, 0.5) is 5.69 Å². The number of aliphatic hydroxyl groups excluding tert-OH is 1. The Morgan fingerprint density at radius 1 is 1.56 bits per heavy atom. The summed E-state index contributed by atoms with van der Waals surface area (Å²) in [5, 5.41) is 11.7. The van der Waals surface area contributed by atoms with Gasteiger partial charge >= 0.3 is 0 Å². The van der Waals surface area contributed by atoms with Crippen molar-refractivity contribution in [3.63, 3.8) is 0 Å². The molecule has 0 aromatic heterocycles. The van der Waals surface area contributed by atoms with Gasteiger partial charge in [0.15, 0.2) is 0 Å². The number of nitrogens with one attached hydrogen (secondary N) is 1. The molecule has 0 unspecified atom stereocenters. The summed E-state index contributed by atoms with van der Waals surface area (Å²) in [5.41, 5.74) is 0.619. The Hall–Kier alpha value is -1.26. The van der Waals surface area contributed by atoms with E-state index >= 15 is 0 Å². The van der Waals surface area contributed by atoms with Crippen molar-refractivity contribution in [3.8, 4) is 5.75 Å². The minimum Gasteiger partial charge on any atom is -0.495 e. The molecule has 2 N–H and O–H groups in total. The lowest BCUT2D eigenvalue weighted by Crippen LogP contribution is -2.11. The highest BCUT2D eigenvalue weighted by molar-refractivity contribution is 6.32. The van der Waals surface area contributed by atoms with Crippen molar-refractivity contribution in [1.82, 2.24) is 0 Å². The van der Waals surface area contributed by atoms with Crippen molar-refractivity contribution in [3.05, 3.63) is 23.2 Å². The minimum atomic E-state index is -0.143. The summed E-state index contributed by atoms with van der Waals surface area (Å²) in [6.45, 7) is 0.0107. The second kappa shape index (κ2) is 6.35. The molecule has 0 radical (unpaired) electrons. The van der Waals surface area contributed by atoms with E-state index in [0.717, 1.165) is 0 Å². The molecule has 88 valence electrons. The topological polar surface area (TPSA) is 58.6 Å². The zero-order chi connectivity index (χ0) is 12.0. The van der Waals surface area contributed by atoms with Crippen LogP contribution >= 0.6 is 11.6 Å². The largest absolute Gasteiger partial charge is 0.495 e. The lowest BCUT2D eigenvalue weighted by molar-refractivity contribution is -0.116. The summed E-state index contributed by atoms with van der Waals surface area (Å²) in [4.78, 5) is 11.3. The molecule has 0 spiro atoms. The zero-order valence-corrected chi connectivity index (χ0v) is 9.75. The molecule has 5 heteroatoms. The molecule has 1 aromatic carbocycles. The standard InChI is InChI=1S/C11H14ClNO3/c1-16-10-5-4-8(7-9(10)12)13-11(15)3-2-6-14/h4-5,7,14H,2-3,6H2,1H3,(H,13,15). The molecule has 1 aromatic rings. The Morgan fingerprint density at radius 2 is 2.31 bits per heavy atom. The van der Waals surface area contributed by atoms with Crippen molar-refractivity contribution >= 4 is 23.2 Å². The molecule has 0 atom stereocenters. The number of amides is 1. The lowest BCUT2D eigenvalue weighted by Gasteiger charge is -2.07.